The molecule has 1 aliphatic rings. The van der Waals surface area contributed by atoms with E-state index in [9.17, 15) is 17.6 Å². The molecule has 0 saturated carbocycles. The Morgan fingerprint density at radius 3 is 2.42 bits per heavy atom. The molecule has 0 spiro atoms. The summed E-state index contributed by atoms with van der Waals surface area (Å²) >= 11 is 0. The number of para-hydroxylation sites is 1. The minimum absolute atomic E-state index is 0.0199. The molecule has 2 aromatic carbocycles. The number of nitrogens with zero attached hydrogens (tertiary/aromatic N) is 2. The highest BCUT2D eigenvalue weighted by Gasteiger charge is 2.31. The van der Waals surface area contributed by atoms with Crippen LogP contribution in [-0.2, 0) is 20.6 Å². The van der Waals surface area contributed by atoms with Crippen molar-refractivity contribution in [1.29, 1.82) is 0 Å². The molecule has 1 amide bonds. The van der Waals surface area contributed by atoms with Crippen LogP contribution < -0.4 is 10.2 Å². The number of carbonyl (C=O) groups excluding carboxylic acids is 1. The number of anilines is 1. The van der Waals surface area contributed by atoms with Gasteiger partial charge in [0.15, 0.2) is 0 Å². The van der Waals surface area contributed by atoms with Crippen molar-refractivity contribution in [2.45, 2.75) is 25.0 Å². The number of amides is 1. The quantitative estimate of drug-likeness (QED) is 0.600. The van der Waals surface area contributed by atoms with Gasteiger partial charge in [0, 0.05) is 50.4 Å². The molecule has 3 rings (SSSR count). The van der Waals surface area contributed by atoms with E-state index in [2.05, 4.69) is 10.2 Å². The largest absolute Gasteiger partial charge is 0.375 e. The Balaban J connectivity index is 1.40. The summed E-state index contributed by atoms with van der Waals surface area (Å²) in [6, 6.07) is 16.0. The zero-order valence-corrected chi connectivity index (χ0v) is 18.7. The second-order valence-electron chi connectivity index (χ2n) is 7.92. The maximum Gasteiger partial charge on any atom is 0.223 e. The molecule has 0 radical (unpaired) electrons. The van der Waals surface area contributed by atoms with Gasteiger partial charge in [-0.15, -0.1) is 0 Å². The molecule has 168 valence electrons. The molecule has 0 bridgehead atoms. The Kier molecular flexibility index (Phi) is 8.03. The van der Waals surface area contributed by atoms with Crippen LogP contribution in [0.1, 0.15) is 24.8 Å². The van der Waals surface area contributed by atoms with Crippen LogP contribution >= 0.6 is 0 Å². The van der Waals surface area contributed by atoms with E-state index in [0.717, 1.165) is 18.7 Å². The molecular formula is C23H30FN3O3S. The molecule has 0 aliphatic carbocycles. The molecule has 1 heterocycles. The van der Waals surface area contributed by atoms with Crippen LogP contribution in [0.2, 0.25) is 0 Å². The Hall–Kier alpha value is -2.45. The lowest BCUT2D eigenvalue weighted by molar-refractivity contribution is -0.126. The van der Waals surface area contributed by atoms with Gasteiger partial charge >= 0.3 is 0 Å². The van der Waals surface area contributed by atoms with Crippen LogP contribution in [0.3, 0.4) is 0 Å². The van der Waals surface area contributed by atoms with E-state index in [1.807, 2.05) is 37.4 Å². The number of carbonyl (C=O) groups is 1. The van der Waals surface area contributed by atoms with Gasteiger partial charge in [-0.2, -0.15) is 0 Å². The van der Waals surface area contributed by atoms with Crippen LogP contribution in [0.5, 0.6) is 0 Å². The molecule has 0 atom stereocenters. The van der Waals surface area contributed by atoms with Gasteiger partial charge in [0.25, 0.3) is 0 Å². The number of nitrogens with one attached hydrogen (secondary N) is 1. The summed E-state index contributed by atoms with van der Waals surface area (Å²) < 4.78 is 40.4. The Labute approximate surface area is 184 Å². The molecule has 1 aliphatic heterocycles. The first-order chi connectivity index (χ1) is 14.9. The second-order valence-corrected chi connectivity index (χ2v) is 9.89. The van der Waals surface area contributed by atoms with E-state index >= 15 is 0 Å². The number of hydrogen-bond donors (Lipinski definition) is 1. The monoisotopic (exact) mass is 447 g/mol. The van der Waals surface area contributed by atoms with Crippen molar-refractivity contribution < 1.29 is 17.6 Å². The van der Waals surface area contributed by atoms with E-state index in [1.165, 1.54) is 22.5 Å². The summed E-state index contributed by atoms with van der Waals surface area (Å²) in [6.07, 6.45) is 1.78. The molecule has 1 N–H and O–H groups in total. The van der Waals surface area contributed by atoms with E-state index in [1.54, 1.807) is 6.07 Å². The van der Waals surface area contributed by atoms with Gasteiger partial charge in [0.1, 0.15) is 5.82 Å². The lowest BCUT2D eigenvalue weighted by Gasteiger charge is -2.30. The van der Waals surface area contributed by atoms with Gasteiger partial charge in [0.2, 0.25) is 15.9 Å². The van der Waals surface area contributed by atoms with Gasteiger partial charge in [-0.3, -0.25) is 4.79 Å². The SMILES string of the molecule is CN(CCCNC(=O)C1CCN(S(=O)(=O)Cc2ccccc2F)CC1)c1ccccc1. The number of rotatable bonds is 9. The number of benzene rings is 2. The Morgan fingerprint density at radius 2 is 1.74 bits per heavy atom. The summed E-state index contributed by atoms with van der Waals surface area (Å²) in [4.78, 5) is 14.6. The summed E-state index contributed by atoms with van der Waals surface area (Å²) in [6.45, 7) is 1.98. The first kappa shape index (κ1) is 23.2. The maximum absolute atomic E-state index is 13.8. The summed E-state index contributed by atoms with van der Waals surface area (Å²) in [5, 5.41) is 2.98. The fourth-order valence-electron chi connectivity index (χ4n) is 3.78. The van der Waals surface area contributed by atoms with Gasteiger partial charge in [-0.25, -0.2) is 17.1 Å². The first-order valence-corrected chi connectivity index (χ1v) is 12.2. The smallest absolute Gasteiger partial charge is 0.223 e. The molecule has 2 aromatic rings. The van der Waals surface area contributed by atoms with Crippen LogP contribution in [0.15, 0.2) is 54.6 Å². The summed E-state index contributed by atoms with van der Waals surface area (Å²) in [5.74, 6) is -1.08. The summed E-state index contributed by atoms with van der Waals surface area (Å²) in [5.41, 5.74) is 1.31. The highest BCUT2D eigenvalue weighted by Crippen LogP contribution is 2.22. The molecule has 8 heteroatoms. The van der Waals surface area contributed by atoms with Crippen LogP contribution in [0.4, 0.5) is 10.1 Å². The predicted molar refractivity (Wildman–Crippen MR) is 121 cm³/mol. The standard InChI is InChI=1S/C23H30FN3O3S/c1-26(21-9-3-2-4-10-21)15-7-14-25-23(28)19-12-16-27(17-13-19)31(29,30)18-20-8-5-6-11-22(20)24/h2-6,8-11,19H,7,12-18H2,1H3,(H,25,28). The number of sulfonamides is 1. The van der Waals surface area contributed by atoms with Gasteiger partial charge in [0.05, 0.1) is 5.75 Å². The fourth-order valence-corrected chi connectivity index (χ4v) is 5.36. The number of piperidine rings is 1. The maximum atomic E-state index is 13.8. The van der Waals surface area contributed by atoms with Crippen LogP contribution in [-0.4, -0.2) is 51.9 Å². The third-order valence-electron chi connectivity index (χ3n) is 5.68. The molecular weight excluding hydrogens is 417 g/mol. The average Bonchev–Trinajstić information content (AvgIpc) is 2.78. The van der Waals surface area contributed by atoms with Crippen molar-refractivity contribution >= 4 is 21.6 Å². The van der Waals surface area contributed by atoms with E-state index in [4.69, 9.17) is 0 Å². The first-order valence-electron chi connectivity index (χ1n) is 10.6. The average molecular weight is 448 g/mol. The molecule has 0 unspecified atom stereocenters. The second kappa shape index (κ2) is 10.7. The lowest BCUT2D eigenvalue weighted by Crippen LogP contribution is -2.43. The molecule has 1 saturated heterocycles. The van der Waals surface area contributed by atoms with Crippen molar-refractivity contribution in [3.8, 4) is 0 Å². The lowest BCUT2D eigenvalue weighted by atomic mass is 9.97. The van der Waals surface area contributed by atoms with Gasteiger partial charge < -0.3 is 10.2 Å². The van der Waals surface area contributed by atoms with E-state index in [-0.39, 0.29) is 36.2 Å². The highest BCUT2D eigenvalue weighted by atomic mass is 32.2. The highest BCUT2D eigenvalue weighted by molar-refractivity contribution is 7.88. The Morgan fingerprint density at radius 1 is 1.10 bits per heavy atom. The van der Waals surface area contributed by atoms with Crippen molar-refractivity contribution in [3.63, 3.8) is 0 Å². The third-order valence-corrected chi connectivity index (χ3v) is 7.51. The summed E-state index contributed by atoms with van der Waals surface area (Å²) in [7, 11) is -1.59. The predicted octanol–water partition coefficient (Wildman–Crippen LogP) is 3.01. The molecule has 6 nitrogen and oxygen atoms in total. The van der Waals surface area contributed by atoms with Crippen molar-refractivity contribution in [3.05, 3.63) is 66.0 Å². The number of hydrogen-bond acceptors (Lipinski definition) is 4. The van der Waals surface area contributed by atoms with E-state index < -0.39 is 15.8 Å². The van der Waals surface area contributed by atoms with Crippen LogP contribution in [0.25, 0.3) is 0 Å². The van der Waals surface area contributed by atoms with Gasteiger partial charge in [-0.1, -0.05) is 36.4 Å². The van der Waals surface area contributed by atoms with Crippen LogP contribution in [0, 0.1) is 11.7 Å². The van der Waals surface area contributed by atoms with Crippen molar-refractivity contribution in [1.82, 2.24) is 9.62 Å². The topological polar surface area (TPSA) is 69.7 Å². The number of halogens is 1. The van der Waals surface area contributed by atoms with Crippen molar-refractivity contribution in [2.24, 2.45) is 5.92 Å². The fraction of sp³-hybridized carbons (Fsp3) is 0.435. The molecule has 1 fully saturated rings. The minimum Gasteiger partial charge on any atom is -0.375 e. The zero-order chi connectivity index (χ0) is 22.3. The minimum atomic E-state index is -3.61. The molecule has 31 heavy (non-hydrogen) atoms. The molecule has 0 aromatic heterocycles. The van der Waals surface area contributed by atoms with Gasteiger partial charge in [-0.05, 0) is 37.5 Å². The third kappa shape index (κ3) is 6.51. The Bertz CT molecular complexity index is 961. The normalized spacial score (nSPS) is 15.5. The van der Waals surface area contributed by atoms with Crippen molar-refractivity contribution in [2.75, 3.05) is 38.1 Å². The zero-order valence-electron chi connectivity index (χ0n) is 17.8. The van der Waals surface area contributed by atoms with E-state index in [0.29, 0.717) is 19.4 Å².